The van der Waals surface area contributed by atoms with Crippen LogP contribution in [0.1, 0.15) is 30.1 Å². The number of ether oxygens (including phenoxy) is 2. The van der Waals surface area contributed by atoms with Gasteiger partial charge in [0.05, 0.1) is 13.1 Å². The second kappa shape index (κ2) is 5.83. The number of quaternary nitrogens is 1. The van der Waals surface area contributed by atoms with E-state index in [0.717, 1.165) is 30.3 Å². The molecule has 1 aromatic rings. The third-order valence-corrected chi connectivity index (χ3v) is 4.26. The highest BCUT2D eigenvalue weighted by Gasteiger charge is 2.23. The SMILES string of the molecule is CC1CC[NH+](CC(=O)c2ccc3c(c2)OCCO3)CC1. The molecule has 0 amide bonds. The van der Waals surface area contributed by atoms with Crippen LogP contribution in [0.25, 0.3) is 0 Å². The predicted molar refractivity (Wildman–Crippen MR) is 75.7 cm³/mol. The average Bonchev–Trinajstić information content (AvgIpc) is 2.49. The van der Waals surface area contributed by atoms with E-state index < -0.39 is 0 Å². The summed E-state index contributed by atoms with van der Waals surface area (Å²) in [7, 11) is 0. The Labute approximate surface area is 119 Å². The second-order valence-electron chi connectivity index (χ2n) is 5.89. The summed E-state index contributed by atoms with van der Waals surface area (Å²) >= 11 is 0. The molecule has 1 aromatic carbocycles. The minimum absolute atomic E-state index is 0.200. The van der Waals surface area contributed by atoms with Crippen LogP contribution in [-0.2, 0) is 0 Å². The monoisotopic (exact) mass is 276 g/mol. The molecule has 0 aliphatic carbocycles. The van der Waals surface area contributed by atoms with E-state index in [2.05, 4.69) is 6.92 Å². The first kappa shape index (κ1) is 13.4. The summed E-state index contributed by atoms with van der Waals surface area (Å²) in [6.45, 7) is 6.23. The molecule has 1 fully saturated rings. The van der Waals surface area contributed by atoms with Crippen molar-refractivity contribution in [3.8, 4) is 11.5 Å². The lowest BCUT2D eigenvalue weighted by Crippen LogP contribution is -3.13. The number of ketones is 1. The molecule has 2 aliphatic heterocycles. The van der Waals surface area contributed by atoms with E-state index in [9.17, 15) is 4.79 Å². The number of hydrogen-bond acceptors (Lipinski definition) is 3. The number of likely N-dealkylation sites (tertiary alicyclic amines) is 1. The summed E-state index contributed by atoms with van der Waals surface area (Å²) in [5.41, 5.74) is 0.736. The summed E-state index contributed by atoms with van der Waals surface area (Å²) in [4.78, 5) is 13.8. The average molecular weight is 276 g/mol. The molecule has 3 rings (SSSR count). The number of fused-ring (bicyclic) bond motifs is 1. The van der Waals surface area contributed by atoms with Crippen LogP contribution in [0.3, 0.4) is 0 Å². The Morgan fingerprint density at radius 1 is 1.20 bits per heavy atom. The highest BCUT2D eigenvalue weighted by molar-refractivity contribution is 5.97. The van der Waals surface area contributed by atoms with Crippen molar-refractivity contribution >= 4 is 5.78 Å². The molecule has 0 bridgehead atoms. The summed E-state index contributed by atoms with van der Waals surface area (Å²) in [6, 6.07) is 5.51. The third-order valence-electron chi connectivity index (χ3n) is 4.26. The van der Waals surface area contributed by atoms with E-state index >= 15 is 0 Å². The van der Waals surface area contributed by atoms with E-state index in [1.807, 2.05) is 18.2 Å². The Morgan fingerprint density at radius 2 is 1.90 bits per heavy atom. The number of Topliss-reactive ketones (excluding diaryl/α,β-unsaturated/α-hetero) is 1. The van der Waals surface area contributed by atoms with Crippen molar-refractivity contribution in [1.29, 1.82) is 0 Å². The maximum Gasteiger partial charge on any atom is 0.216 e. The first-order chi connectivity index (χ1) is 9.72. The Kier molecular flexibility index (Phi) is 3.92. The lowest BCUT2D eigenvalue weighted by molar-refractivity contribution is -0.897. The van der Waals surface area contributed by atoms with Gasteiger partial charge in [-0.25, -0.2) is 0 Å². The van der Waals surface area contributed by atoms with Crippen LogP contribution in [0.4, 0.5) is 0 Å². The molecule has 0 atom stereocenters. The summed E-state index contributed by atoms with van der Waals surface area (Å²) in [5.74, 6) is 2.45. The fourth-order valence-electron chi connectivity index (χ4n) is 2.89. The molecule has 0 unspecified atom stereocenters. The van der Waals surface area contributed by atoms with Crippen LogP contribution in [0, 0.1) is 5.92 Å². The summed E-state index contributed by atoms with van der Waals surface area (Å²) in [6.07, 6.45) is 2.45. The van der Waals surface area contributed by atoms with Crippen molar-refractivity contribution in [2.75, 3.05) is 32.8 Å². The van der Waals surface area contributed by atoms with Crippen LogP contribution < -0.4 is 14.4 Å². The maximum atomic E-state index is 12.4. The van der Waals surface area contributed by atoms with Crippen LogP contribution in [0.2, 0.25) is 0 Å². The number of rotatable bonds is 3. The van der Waals surface area contributed by atoms with Crippen molar-refractivity contribution in [2.24, 2.45) is 5.92 Å². The Balaban J connectivity index is 1.65. The second-order valence-corrected chi connectivity index (χ2v) is 5.89. The van der Waals surface area contributed by atoms with Crippen molar-refractivity contribution in [3.63, 3.8) is 0 Å². The van der Waals surface area contributed by atoms with Gasteiger partial charge in [0, 0.05) is 5.56 Å². The third kappa shape index (κ3) is 2.96. The van der Waals surface area contributed by atoms with E-state index in [1.54, 1.807) is 0 Å². The number of carbonyl (C=O) groups is 1. The summed E-state index contributed by atoms with van der Waals surface area (Å²) < 4.78 is 11.0. The van der Waals surface area contributed by atoms with Crippen LogP contribution in [0.15, 0.2) is 18.2 Å². The lowest BCUT2D eigenvalue weighted by atomic mass is 9.98. The van der Waals surface area contributed by atoms with Gasteiger partial charge in [-0.1, -0.05) is 6.92 Å². The zero-order chi connectivity index (χ0) is 13.9. The van der Waals surface area contributed by atoms with Crippen molar-refractivity contribution in [1.82, 2.24) is 0 Å². The smallest absolute Gasteiger partial charge is 0.216 e. The molecule has 1 N–H and O–H groups in total. The molecular formula is C16H22NO3+. The molecule has 0 aromatic heterocycles. The predicted octanol–water partition coefficient (Wildman–Crippen LogP) is 0.955. The molecule has 2 heterocycles. The Hall–Kier alpha value is -1.55. The highest BCUT2D eigenvalue weighted by Crippen LogP contribution is 2.30. The molecule has 20 heavy (non-hydrogen) atoms. The van der Waals surface area contributed by atoms with Crippen LogP contribution in [0.5, 0.6) is 11.5 Å². The fraction of sp³-hybridized carbons (Fsp3) is 0.562. The zero-order valence-corrected chi connectivity index (χ0v) is 12.0. The largest absolute Gasteiger partial charge is 0.486 e. The first-order valence-electron chi connectivity index (χ1n) is 7.49. The van der Waals surface area contributed by atoms with E-state index in [0.29, 0.717) is 25.5 Å². The minimum Gasteiger partial charge on any atom is -0.486 e. The van der Waals surface area contributed by atoms with E-state index in [4.69, 9.17) is 9.47 Å². The van der Waals surface area contributed by atoms with Crippen molar-refractivity contribution in [3.05, 3.63) is 23.8 Å². The molecule has 108 valence electrons. The molecule has 2 aliphatic rings. The van der Waals surface area contributed by atoms with Gasteiger partial charge >= 0.3 is 0 Å². The van der Waals surface area contributed by atoms with Gasteiger partial charge in [-0.2, -0.15) is 0 Å². The van der Waals surface area contributed by atoms with Gasteiger partial charge in [-0.05, 0) is 37.0 Å². The summed E-state index contributed by atoms with van der Waals surface area (Å²) in [5, 5.41) is 0. The number of benzene rings is 1. The standard InChI is InChI=1S/C16H21NO3/c1-12-4-6-17(7-5-12)11-14(18)13-2-3-15-16(10-13)20-9-8-19-15/h2-3,10,12H,4-9,11H2,1H3/p+1. The number of nitrogens with one attached hydrogen (secondary N) is 1. The molecule has 4 heteroatoms. The minimum atomic E-state index is 0.200. The van der Waals surface area contributed by atoms with Gasteiger partial charge in [0.25, 0.3) is 0 Å². The number of carbonyl (C=O) groups excluding carboxylic acids is 1. The van der Waals surface area contributed by atoms with Gasteiger partial charge in [0.1, 0.15) is 19.8 Å². The van der Waals surface area contributed by atoms with Gasteiger partial charge in [0.15, 0.2) is 11.5 Å². The maximum absolute atomic E-state index is 12.4. The van der Waals surface area contributed by atoms with Gasteiger partial charge in [0.2, 0.25) is 5.78 Å². The Morgan fingerprint density at radius 3 is 2.65 bits per heavy atom. The molecule has 1 saturated heterocycles. The number of hydrogen-bond donors (Lipinski definition) is 1. The molecule has 0 saturated carbocycles. The van der Waals surface area contributed by atoms with E-state index in [1.165, 1.54) is 17.7 Å². The topological polar surface area (TPSA) is 40.0 Å². The van der Waals surface area contributed by atoms with Crippen molar-refractivity contribution in [2.45, 2.75) is 19.8 Å². The number of piperidine rings is 1. The fourth-order valence-corrected chi connectivity index (χ4v) is 2.89. The quantitative estimate of drug-likeness (QED) is 0.836. The molecular weight excluding hydrogens is 254 g/mol. The lowest BCUT2D eigenvalue weighted by Gasteiger charge is -2.26. The molecule has 0 spiro atoms. The molecule has 0 radical (unpaired) electrons. The van der Waals surface area contributed by atoms with Gasteiger partial charge in [-0.3, -0.25) is 4.79 Å². The van der Waals surface area contributed by atoms with E-state index in [-0.39, 0.29) is 5.78 Å². The van der Waals surface area contributed by atoms with Crippen molar-refractivity contribution < 1.29 is 19.2 Å². The normalized spacial score (nSPS) is 25.2. The zero-order valence-electron chi connectivity index (χ0n) is 12.0. The highest BCUT2D eigenvalue weighted by atomic mass is 16.6. The van der Waals surface area contributed by atoms with Crippen LogP contribution in [-0.4, -0.2) is 38.6 Å². The van der Waals surface area contributed by atoms with Gasteiger partial charge in [-0.15, -0.1) is 0 Å². The van der Waals surface area contributed by atoms with Gasteiger partial charge < -0.3 is 14.4 Å². The molecule has 4 nitrogen and oxygen atoms in total. The van der Waals surface area contributed by atoms with Crippen LogP contribution >= 0.6 is 0 Å². The first-order valence-corrected chi connectivity index (χ1v) is 7.49. The Bertz CT molecular complexity index is 492.